The van der Waals surface area contributed by atoms with Crippen LogP contribution in [-0.4, -0.2) is 113 Å². The fraction of sp³-hybridized carbons (Fsp3) is 0.383. The van der Waals surface area contributed by atoms with Crippen molar-refractivity contribution in [3.63, 3.8) is 0 Å². The van der Waals surface area contributed by atoms with Crippen molar-refractivity contribution >= 4 is 29.6 Å². The summed E-state index contributed by atoms with van der Waals surface area (Å²) in [6.45, 7) is 4.08. The summed E-state index contributed by atoms with van der Waals surface area (Å²) in [7, 11) is 2.91. The third-order valence-electron chi connectivity index (χ3n) is 11.0. The van der Waals surface area contributed by atoms with Gasteiger partial charge in [-0.15, -0.1) is 0 Å². The molecule has 4 aromatic carbocycles. The van der Waals surface area contributed by atoms with E-state index in [2.05, 4.69) is 5.32 Å². The molecular weight excluding hydrogens is 795 g/mol. The number of nitrogens with zero attached hydrogens (tertiary/aromatic N) is 3. The molecule has 5 rings (SSSR count). The first-order chi connectivity index (χ1) is 29.8. The first kappa shape index (κ1) is 46.6. The van der Waals surface area contributed by atoms with Gasteiger partial charge >= 0.3 is 5.97 Å². The Bertz CT molecular complexity index is 2140. The quantitative estimate of drug-likeness (QED) is 0.0857. The molecule has 4 aromatic rings. The van der Waals surface area contributed by atoms with E-state index in [0.717, 1.165) is 16.0 Å². The molecule has 15 heteroatoms. The first-order valence-corrected chi connectivity index (χ1v) is 20.7. The lowest BCUT2D eigenvalue weighted by Crippen LogP contribution is -2.43. The van der Waals surface area contributed by atoms with E-state index < -0.39 is 30.0 Å². The van der Waals surface area contributed by atoms with Gasteiger partial charge < -0.3 is 50.2 Å². The van der Waals surface area contributed by atoms with Gasteiger partial charge in [-0.1, -0.05) is 54.1 Å². The number of rotatable bonds is 21. The van der Waals surface area contributed by atoms with Crippen LogP contribution >= 0.6 is 0 Å². The number of carbonyl (C=O) groups is 5. The fourth-order valence-corrected chi connectivity index (χ4v) is 7.27. The van der Waals surface area contributed by atoms with Gasteiger partial charge in [0, 0.05) is 62.3 Å². The molecule has 330 valence electrons. The number of nitrogens with one attached hydrogen (secondary N) is 1. The average Bonchev–Trinajstić information content (AvgIpc) is 3.72. The number of aliphatic hydroxyl groups excluding tert-OH is 1. The van der Waals surface area contributed by atoms with Crippen molar-refractivity contribution in [2.45, 2.75) is 77.4 Å². The van der Waals surface area contributed by atoms with Gasteiger partial charge in [0.05, 0.1) is 39.0 Å². The maximum absolute atomic E-state index is 14.4. The number of methoxy groups -OCH3 is 1. The molecule has 3 atom stereocenters. The molecule has 5 N–H and O–H groups in total. The predicted molar refractivity (Wildman–Crippen MR) is 232 cm³/mol. The van der Waals surface area contributed by atoms with E-state index in [9.17, 15) is 34.2 Å². The van der Waals surface area contributed by atoms with Crippen molar-refractivity contribution in [3.8, 4) is 17.2 Å². The van der Waals surface area contributed by atoms with Crippen LogP contribution in [0.1, 0.15) is 75.6 Å². The summed E-state index contributed by atoms with van der Waals surface area (Å²) in [6, 6.07) is 24.5. The average molecular weight is 852 g/mol. The van der Waals surface area contributed by atoms with E-state index >= 15 is 0 Å². The van der Waals surface area contributed by atoms with Gasteiger partial charge in [-0.25, -0.2) is 4.79 Å². The Morgan fingerprint density at radius 1 is 0.903 bits per heavy atom. The molecule has 0 spiro atoms. The Kier molecular flexibility index (Phi) is 16.8. The second-order valence-corrected chi connectivity index (χ2v) is 15.3. The number of carboxylic acids is 1. The van der Waals surface area contributed by atoms with Crippen molar-refractivity contribution in [1.82, 2.24) is 20.0 Å². The van der Waals surface area contributed by atoms with E-state index in [1.807, 2.05) is 37.3 Å². The summed E-state index contributed by atoms with van der Waals surface area (Å²) in [6.07, 6.45) is 1.13. The van der Waals surface area contributed by atoms with Gasteiger partial charge in [-0.3, -0.25) is 19.2 Å². The van der Waals surface area contributed by atoms with Gasteiger partial charge in [0.25, 0.3) is 11.8 Å². The Balaban J connectivity index is 1.33. The monoisotopic (exact) mass is 851 g/mol. The third kappa shape index (κ3) is 12.3. The van der Waals surface area contributed by atoms with Crippen LogP contribution in [0.4, 0.5) is 0 Å². The number of aliphatic hydroxyl groups is 1. The summed E-state index contributed by atoms with van der Waals surface area (Å²) in [5.41, 5.74) is 9.69. The molecule has 0 saturated carbocycles. The fourth-order valence-electron chi connectivity index (χ4n) is 7.27. The van der Waals surface area contributed by atoms with Crippen LogP contribution in [0, 0.1) is 6.92 Å². The molecular formula is C47H57N5O10. The molecule has 1 fully saturated rings. The Labute approximate surface area is 362 Å². The van der Waals surface area contributed by atoms with Gasteiger partial charge in [-0.05, 0) is 74.2 Å². The van der Waals surface area contributed by atoms with Crippen molar-refractivity contribution in [3.05, 3.63) is 124 Å². The van der Waals surface area contributed by atoms with Crippen molar-refractivity contribution in [2.75, 3.05) is 40.5 Å². The predicted octanol–water partition coefficient (Wildman–Crippen LogP) is 4.56. The zero-order chi connectivity index (χ0) is 44.8. The lowest BCUT2D eigenvalue weighted by molar-refractivity contribution is -0.141. The summed E-state index contributed by atoms with van der Waals surface area (Å²) in [4.78, 5) is 69.6. The highest BCUT2D eigenvalue weighted by Gasteiger charge is 2.40. The number of hydrogen-bond acceptors (Lipinski definition) is 10. The molecule has 0 unspecified atom stereocenters. The summed E-state index contributed by atoms with van der Waals surface area (Å²) in [5, 5.41) is 23.0. The van der Waals surface area contributed by atoms with Gasteiger partial charge in [0.15, 0.2) is 0 Å². The molecule has 1 aliphatic heterocycles. The van der Waals surface area contributed by atoms with E-state index in [-0.39, 0.29) is 75.6 Å². The smallest absolute Gasteiger partial charge is 0.326 e. The van der Waals surface area contributed by atoms with Crippen LogP contribution in [0.3, 0.4) is 0 Å². The van der Waals surface area contributed by atoms with E-state index in [1.54, 1.807) is 64.4 Å². The molecule has 15 nitrogen and oxygen atoms in total. The van der Waals surface area contributed by atoms with E-state index in [4.69, 9.17) is 19.9 Å². The Morgan fingerprint density at radius 2 is 1.63 bits per heavy atom. The number of carboxylic acid groups (broad SMARTS) is 1. The highest BCUT2D eigenvalue weighted by atomic mass is 16.5. The molecule has 1 heterocycles. The van der Waals surface area contributed by atoms with Crippen LogP contribution in [-0.2, 0) is 34.1 Å². The lowest BCUT2D eigenvalue weighted by Gasteiger charge is -2.31. The summed E-state index contributed by atoms with van der Waals surface area (Å²) >= 11 is 0. The minimum Gasteiger partial charge on any atom is -0.496 e. The molecule has 0 radical (unpaired) electrons. The minimum atomic E-state index is -1.14. The maximum atomic E-state index is 14.4. The van der Waals surface area contributed by atoms with Gasteiger partial charge in [-0.2, -0.15) is 0 Å². The number of aryl methyl sites for hydroxylation is 1. The first-order valence-electron chi connectivity index (χ1n) is 20.7. The van der Waals surface area contributed by atoms with Gasteiger partial charge in [0.1, 0.15) is 29.9 Å². The van der Waals surface area contributed by atoms with Crippen molar-refractivity contribution in [2.24, 2.45) is 5.73 Å². The number of amides is 4. The standard InChI is InChI=1S/C47H57N5O10/c1-31-15-17-33(18-16-31)26-49-43(54)14-9-21-61-40-23-36(29-53)41(42(25-40)60-4)28-52(46(57)34-10-6-5-7-11-34)37-24-38(51(27-37)44(55)19-20-48)30-62-39-13-8-12-35(22-39)45(56)50(3)32(2)47(58)59/h5-8,10-13,15-18,22-23,25,32,37-38,53H,9,14,19-21,24,26-30,48H2,1-4H3,(H,49,54)(H,58,59)/t32-,37+,38-/m0/s1. The van der Waals surface area contributed by atoms with Crippen LogP contribution in [0.5, 0.6) is 17.2 Å². The number of nitrogens with two attached hydrogens (primary N) is 1. The Morgan fingerprint density at radius 3 is 2.31 bits per heavy atom. The minimum absolute atomic E-state index is 0.0256. The number of benzene rings is 4. The topological polar surface area (TPSA) is 201 Å². The van der Waals surface area contributed by atoms with Gasteiger partial charge in [0.2, 0.25) is 11.8 Å². The zero-order valence-corrected chi connectivity index (χ0v) is 35.7. The number of carbonyl (C=O) groups excluding carboxylic acids is 4. The van der Waals surface area contributed by atoms with Crippen molar-refractivity contribution in [1.29, 1.82) is 0 Å². The molecule has 4 amide bonds. The molecule has 1 saturated heterocycles. The van der Waals surface area contributed by atoms with E-state index in [1.165, 1.54) is 27.1 Å². The summed E-state index contributed by atoms with van der Waals surface area (Å²) in [5.74, 6) is -1.05. The SMILES string of the molecule is COc1cc(OCCCC(=O)NCc2ccc(C)cc2)cc(CO)c1CN(C(=O)c1ccccc1)[C@@H]1C[C@@H](COc2cccc(C(=O)N(C)[C@@H](C)C(=O)O)c2)N(C(=O)CCN)C1. The largest absolute Gasteiger partial charge is 0.496 e. The molecule has 0 aliphatic carbocycles. The number of hydrogen-bond donors (Lipinski definition) is 4. The maximum Gasteiger partial charge on any atom is 0.326 e. The van der Waals surface area contributed by atoms with Crippen LogP contribution in [0.2, 0.25) is 0 Å². The van der Waals surface area contributed by atoms with Crippen LogP contribution in [0.15, 0.2) is 91.0 Å². The summed E-state index contributed by atoms with van der Waals surface area (Å²) < 4.78 is 18.0. The molecule has 62 heavy (non-hydrogen) atoms. The van der Waals surface area contributed by atoms with Crippen LogP contribution in [0.25, 0.3) is 0 Å². The molecule has 1 aliphatic rings. The Hall–Kier alpha value is -6.45. The zero-order valence-electron chi connectivity index (χ0n) is 35.7. The highest BCUT2D eigenvalue weighted by molar-refractivity contribution is 5.97. The number of aliphatic carboxylic acids is 1. The second-order valence-electron chi connectivity index (χ2n) is 15.3. The molecule has 0 bridgehead atoms. The lowest BCUT2D eigenvalue weighted by atomic mass is 10.0. The third-order valence-corrected chi connectivity index (χ3v) is 11.0. The number of likely N-dealkylation sites (tertiary alicyclic amines) is 1. The van der Waals surface area contributed by atoms with E-state index in [0.29, 0.717) is 53.3 Å². The number of likely N-dealkylation sites (N-methyl/N-ethyl adjacent to an activating group) is 1. The molecule has 0 aromatic heterocycles. The second kappa shape index (κ2) is 22.4. The number of ether oxygens (including phenoxy) is 3. The normalized spacial score (nSPS) is 15.0. The van der Waals surface area contributed by atoms with Crippen LogP contribution < -0.4 is 25.3 Å². The van der Waals surface area contributed by atoms with Crippen molar-refractivity contribution < 1.29 is 48.4 Å². The highest BCUT2D eigenvalue weighted by Crippen LogP contribution is 2.34.